The highest BCUT2D eigenvalue weighted by Gasteiger charge is 2.19. The van der Waals surface area contributed by atoms with Crippen molar-refractivity contribution in [3.05, 3.63) is 65.7 Å². The standard InChI is InChI=1S/C21H29N3O/c1-16(2)17-10-12-19(13-11-17)23-21(25)15-22-14-20(24(3)4)18-8-6-5-7-9-18/h5-13,16,20,22H,14-15H2,1-4H3,(H,23,25)/p+2/t20-/m0/s1. The van der Waals surface area contributed by atoms with Crippen molar-refractivity contribution in [1.29, 1.82) is 0 Å². The molecule has 0 aliphatic rings. The molecule has 0 aromatic heterocycles. The van der Waals surface area contributed by atoms with Gasteiger partial charge in [-0.25, -0.2) is 0 Å². The Morgan fingerprint density at radius 2 is 1.64 bits per heavy atom. The molecule has 0 heterocycles. The summed E-state index contributed by atoms with van der Waals surface area (Å²) in [6.07, 6.45) is 0. The van der Waals surface area contributed by atoms with Crippen LogP contribution in [0.1, 0.15) is 36.9 Å². The highest BCUT2D eigenvalue weighted by atomic mass is 16.1. The first kappa shape index (κ1) is 19.2. The van der Waals surface area contributed by atoms with E-state index < -0.39 is 0 Å². The molecule has 0 unspecified atom stereocenters. The van der Waals surface area contributed by atoms with Crippen molar-refractivity contribution in [2.75, 3.05) is 32.5 Å². The molecule has 0 aliphatic heterocycles. The Kier molecular flexibility index (Phi) is 7.16. The van der Waals surface area contributed by atoms with Crippen LogP contribution in [-0.4, -0.2) is 33.1 Å². The third-order valence-corrected chi connectivity index (χ3v) is 4.49. The van der Waals surface area contributed by atoms with Crippen LogP contribution in [0.3, 0.4) is 0 Å². The lowest BCUT2D eigenvalue weighted by atomic mass is 10.0. The highest BCUT2D eigenvalue weighted by molar-refractivity contribution is 5.91. The zero-order valence-electron chi connectivity index (χ0n) is 15.8. The van der Waals surface area contributed by atoms with Crippen LogP contribution in [0.4, 0.5) is 5.69 Å². The number of nitrogens with two attached hydrogens (primary N) is 1. The average molecular weight is 341 g/mol. The summed E-state index contributed by atoms with van der Waals surface area (Å²) in [6, 6.07) is 19.0. The molecule has 25 heavy (non-hydrogen) atoms. The van der Waals surface area contributed by atoms with Gasteiger partial charge in [-0.15, -0.1) is 0 Å². The van der Waals surface area contributed by atoms with E-state index in [4.69, 9.17) is 0 Å². The fourth-order valence-corrected chi connectivity index (χ4v) is 2.93. The molecule has 0 radical (unpaired) electrons. The van der Waals surface area contributed by atoms with Gasteiger partial charge in [0.1, 0.15) is 6.54 Å². The van der Waals surface area contributed by atoms with Gasteiger partial charge >= 0.3 is 0 Å². The largest absolute Gasteiger partial charge is 0.333 e. The quantitative estimate of drug-likeness (QED) is 0.664. The maximum atomic E-state index is 12.2. The van der Waals surface area contributed by atoms with Crippen molar-refractivity contribution in [3.63, 3.8) is 0 Å². The van der Waals surface area contributed by atoms with Crippen LogP contribution in [0.25, 0.3) is 0 Å². The molecule has 2 aromatic rings. The zero-order chi connectivity index (χ0) is 18.2. The molecule has 0 spiro atoms. The van der Waals surface area contributed by atoms with Crippen LogP contribution < -0.4 is 15.5 Å². The summed E-state index contributed by atoms with van der Waals surface area (Å²) < 4.78 is 0. The van der Waals surface area contributed by atoms with Gasteiger partial charge in [0.15, 0.2) is 12.6 Å². The number of amides is 1. The second kappa shape index (κ2) is 9.35. The molecule has 1 amide bonds. The van der Waals surface area contributed by atoms with E-state index in [2.05, 4.69) is 75.0 Å². The summed E-state index contributed by atoms with van der Waals surface area (Å²) in [4.78, 5) is 13.5. The number of hydrogen-bond donors (Lipinski definition) is 3. The Labute approximate surface area is 151 Å². The third kappa shape index (κ3) is 6.00. The van der Waals surface area contributed by atoms with Crippen molar-refractivity contribution in [2.45, 2.75) is 25.8 Å². The first-order chi connectivity index (χ1) is 12.0. The maximum Gasteiger partial charge on any atom is 0.279 e. The van der Waals surface area contributed by atoms with E-state index in [0.717, 1.165) is 12.2 Å². The molecule has 4 heteroatoms. The SMILES string of the molecule is CC(C)c1ccc(NC(=O)C[NH2+]C[C@@H](c2ccccc2)[NH+](C)C)cc1. The Hall–Kier alpha value is -2.17. The molecule has 4 N–H and O–H groups in total. The number of anilines is 1. The second-order valence-electron chi connectivity index (χ2n) is 7.09. The van der Waals surface area contributed by atoms with Gasteiger partial charge in [-0.05, 0) is 23.6 Å². The van der Waals surface area contributed by atoms with E-state index in [1.165, 1.54) is 16.0 Å². The van der Waals surface area contributed by atoms with Gasteiger partial charge in [0.2, 0.25) is 0 Å². The number of quaternary nitrogens is 2. The van der Waals surface area contributed by atoms with Crippen LogP contribution in [0.15, 0.2) is 54.6 Å². The molecule has 0 bridgehead atoms. The van der Waals surface area contributed by atoms with Gasteiger partial charge in [-0.2, -0.15) is 0 Å². The van der Waals surface area contributed by atoms with Crippen molar-refractivity contribution in [1.82, 2.24) is 0 Å². The summed E-state index contributed by atoms with van der Waals surface area (Å²) in [5.74, 6) is 0.541. The van der Waals surface area contributed by atoms with Gasteiger partial charge in [0, 0.05) is 11.3 Å². The number of likely N-dealkylation sites (N-methyl/N-ethyl adjacent to an activating group) is 1. The second-order valence-corrected chi connectivity index (χ2v) is 7.09. The minimum atomic E-state index is 0.0397. The summed E-state index contributed by atoms with van der Waals surface area (Å²) in [7, 11) is 4.31. The van der Waals surface area contributed by atoms with Crippen molar-refractivity contribution in [2.24, 2.45) is 0 Å². The number of carbonyl (C=O) groups is 1. The van der Waals surface area contributed by atoms with E-state index >= 15 is 0 Å². The number of benzene rings is 2. The third-order valence-electron chi connectivity index (χ3n) is 4.49. The molecular formula is C21H31N3O+2. The molecule has 1 atom stereocenters. The Morgan fingerprint density at radius 1 is 1.00 bits per heavy atom. The minimum Gasteiger partial charge on any atom is -0.333 e. The molecule has 2 rings (SSSR count). The van der Waals surface area contributed by atoms with Gasteiger partial charge in [0.25, 0.3) is 5.91 Å². The number of nitrogens with one attached hydrogen (secondary N) is 2. The molecule has 0 fully saturated rings. The van der Waals surface area contributed by atoms with Gasteiger partial charge in [-0.1, -0.05) is 56.3 Å². The van der Waals surface area contributed by atoms with Crippen LogP contribution >= 0.6 is 0 Å². The number of hydrogen-bond acceptors (Lipinski definition) is 1. The lowest BCUT2D eigenvalue weighted by Gasteiger charge is -2.20. The number of carbonyl (C=O) groups excluding carboxylic acids is 1. The smallest absolute Gasteiger partial charge is 0.279 e. The van der Waals surface area contributed by atoms with Crippen LogP contribution in [0.5, 0.6) is 0 Å². The van der Waals surface area contributed by atoms with Crippen LogP contribution in [0.2, 0.25) is 0 Å². The van der Waals surface area contributed by atoms with E-state index in [1.807, 2.05) is 18.2 Å². The van der Waals surface area contributed by atoms with E-state index in [1.54, 1.807) is 0 Å². The fourth-order valence-electron chi connectivity index (χ4n) is 2.93. The lowest BCUT2D eigenvalue weighted by molar-refractivity contribution is -0.908. The normalized spacial score (nSPS) is 12.4. The molecular weight excluding hydrogens is 310 g/mol. The lowest BCUT2D eigenvalue weighted by Crippen LogP contribution is -3.09. The highest BCUT2D eigenvalue weighted by Crippen LogP contribution is 2.16. The predicted octanol–water partition coefficient (Wildman–Crippen LogP) is 1.20. The maximum absolute atomic E-state index is 12.2. The molecule has 2 aromatic carbocycles. The fraction of sp³-hybridized carbons (Fsp3) is 0.381. The summed E-state index contributed by atoms with van der Waals surface area (Å²) in [5, 5.41) is 5.06. The summed E-state index contributed by atoms with van der Waals surface area (Å²) in [5.41, 5.74) is 3.45. The Morgan fingerprint density at radius 3 is 2.20 bits per heavy atom. The van der Waals surface area contributed by atoms with Crippen molar-refractivity contribution in [3.8, 4) is 0 Å². The van der Waals surface area contributed by atoms with E-state index in [0.29, 0.717) is 18.5 Å². The van der Waals surface area contributed by atoms with Crippen LogP contribution in [-0.2, 0) is 4.79 Å². The zero-order valence-corrected chi connectivity index (χ0v) is 15.8. The molecule has 134 valence electrons. The average Bonchev–Trinajstić information content (AvgIpc) is 2.59. The predicted molar refractivity (Wildman–Crippen MR) is 103 cm³/mol. The topological polar surface area (TPSA) is 50.1 Å². The van der Waals surface area contributed by atoms with E-state index in [9.17, 15) is 4.79 Å². The molecule has 0 saturated heterocycles. The molecule has 4 nitrogen and oxygen atoms in total. The van der Waals surface area contributed by atoms with Gasteiger partial charge in [0.05, 0.1) is 14.1 Å². The Balaban J connectivity index is 1.82. The van der Waals surface area contributed by atoms with Crippen LogP contribution in [0, 0.1) is 0 Å². The molecule has 0 saturated carbocycles. The van der Waals surface area contributed by atoms with Gasteiger partial charge < -0.3 is 15.5 Å². The number of rotatable bonds is 8. The first-order valence-corrected chi connectivity index (χ1v) is 9.04. The van der Waals surface area contributed by atoms with Crippen molar-refractivity contribution >= 4 is 11.6 Å². The Bertz CT molecular complexity index is 651. The minimum absolute atomic E-state index is 0.0397. The van der Waals surface area contributed by atoms with Gasteiger partial charge in [-0.3, -0.25) is 4.79 Å². The summed E-state index contributed by atoms with van der Waals surface area (Å²) in [6.45, 7) is 5.64. The van der Waals surface area contributed by atoms with E-state index in [-0.39, 0.29) is 5.91 Å². The van der Waals surface area contributed by atoms with Crippen molar-refractivity contribution < 1.29 is 15.0 Å². The monoisotopic (exact) mass is 341 g/mol. The summed E-state index contributed by atoms with van der Waals surface area (Å²) >= 11 is 0. The molecule has 0 aliphatic carbocycles. The first-order valence-electron chi connectivity index (χ1n) is 9.04.